The Labute approximate surface area is 139 Å². The summed E-state index contributed by atoms with van der Waals surface area (Å²) in [5.74, 6) is -0.747. The van der Waals surface area contributed by atoms with Crippen LogP contribution >= 0.6 is 0 Å². The number of carbonyl (C=O) groups is 1. The van der Waals surface area contributed by atoms with Crippen molar-refractivity contribution in [2.45, 2.75) is 19.4 Å². The first-order chi connectivity index (χ1) is 11.6. The molecule has 1 aromatic heterocycles. The summed E-state index contributed by atoms with van der Waals surface area (Å²) in [6.07, 6.45) is 3.36. The van der Waals surface area contributed by atoms with Crippen molar-refractivity contribution in [2.24, 2.45) is 5.92 Å². The lowest BCUT2D eigenvalue weighted by Crippen LogP contribution is -2.21. The van der Waals surface area contributed by atoms with Crippen molar-refractivity contribution >= 4 is 11.8 Å². The van der Waals surface area contributed by atoms with Crippen molar-refractivity contribution in [2.75, 3.05) is 18.0 Å². The minimum atomic E-state index is -1.24. The Kier molecular flexibility index (Phi) is 4.76. The topological polar surface area (TPSA) is 73.7 Å². The molecule has 24 heavy (non-hydrogen) atoms. The molecule has 0 aliphatic carbocycles. The van der Waals surface area contributed by atoms with Gasteiger partial charge in [0.25, 0.3) is 0 Å². The lowest BCUT2D eigenvalue weighted by Gasteiger charge is -2.18. The molecule has 5 nitrogen and oxygen atoms in total. The Balaban J connectivity index is 1.68. The zero-order chi connectivity index (χ0) is 17.1. The number of hydrogen-bond acceptors (Lipinski definition) is 4. The molecular formula is C18H19FN2O3. The molecule has 1 atom stereocenters. The third-order valence-electron chi connectivity index (χ3n) is 4.39. The van der Waals surface area contributed by atoms with Gasteiger partial charge in [0.1, 0.15) is 11.6 Å². The van der Waals surface area contributed by atoms with Crippen LogP contribution in [-0.2, 0) is 13.0 Å². The maximum absolute atomic E-state index is 13.5. The number of nitrogens with zero attached hydrogens (tertiary/aromatic N) is 2. The molecule has 0 radical (unpaired) electrons. The maximum atomic E-state index is 13.5. The van der Waals surface area contributed by atoms with Gasteiger partial charge in [0.05, 0.1) is 12.2 Å². The molecule has 0 spiro atoms. The van der Waals surface area contributed by atoms with Crippen molar-refractivity contribution in [3.05, 3.63) is 59.0 Å². The molecule has 6 heteroatoms. The fraction of sp³-hybridized carbons (Fsp3) is 0.333. The third-order valence-corrected chi connectivity index (χ3v) is 4.39. The van der Waals surface area contributed by atoms with E-state index in [1.807, 2.05) is 6.07 Å². The van der Waals surface area contributed by atoms with Gasteiger partial charge in [-0.05, 0) is 54.2 Å². The molecular weight excluding hydrogens is 311 g/mol. The molecule has 1 saturated heterocycles. The monoisotopic (exact) mass is 330 g/mol. The maximum Gasteiger partial charge on any atom is 0.338 e. The molecule has 1 aliphatic heterocycles. The van der Waals surface area contributed by atoms with Gasteiger partial charge in [0.15, 0.2) is 0 Å². The van der Waals surface area contributed by atoms with Gasteiger partial charge in [-0.1, -0.05) is 6.07 Å². The van der Waals surface area contributed by atoms with E-state index in [9.17, 15) is 14.3 Å². The normalized spacial score (nSPS) is 17.2. The van der Waals surface area contributed by atoms with Gasteiger partial charge in [-0.15, -0.1) is 0 Å². The lowest BCUT2D eigenvalue weighted by molar-refractivity contribution is 0.0691. The zero-order valence-corrected chi connectivity index (χ0v) is 13.2. The fourth-order valence-corrected chi connectivity index (χ4v) is 3.14. The number of aliphatic hydroxyl groups excluding tert-OH is 1. The molecule has 126 valence electrons. The summed E-state index contributed by atoms with van der Waals surface area (Å²) < 4.78 is 13.5. The van der Waals surface area contributed by atoms with E-state index in [1.54, 1.807) is 18.3 Å². The van der Waals surface area contributed by atoms with Crippen LogP contribution in [0.5, 0.6) is 0 Å². The smallest absolute Gasteiger partial charge is 0.338 e. The van der Waals surface area contributed by atoms with Crippen LogP contribution in [0.4, 0.5) is 10.2 Å². The second-order valence-corrected chi connectivity index (χ2v) is 6.10. The van der Waals surface area contributed by atoms with E-state index in [-0.39, 0.29) is 12.2 Å². The molecule has 1 aliphatic rings. The first-order valence-electron chi connectivity index (χ1n) is 7.89. The molecule has 0 bridgehead atoms. The van der Waals surface area contributed by atoms with Crippen LogP contribution in [0.25, 0.3) is 0 Å². The van der Waals surface area contributed by atoms with Gasteiger partial charge >= 0.3 is 5.97 Å². The van der Waals surface area contributed by atoms with Crippen molar-refractivity contribution in [3.8, 4) is 0 Å². The number of carboxylic acid groups (broad SMARTS) is 1. The van der Waals surface area contributed by atoms with Crippen LogP contribution in [0.1, 0.15) is 27.9 Å². The highest BCUT2D eigenvalue weighted by Gasteiger charge is 2.24. The summed E-state index contributed by atoms with van der Waals surface area (Å²) in [4.78, 5) is 17.5. The van der Waals surface area contributed by atoms with Crippen molar-refractivity contribution in [1.82, 2.24) is 4.98 Å². The van der Waals surface area contributed by atoms with E-state index < -0.39 is 11.8 Å². The molecule has 3 rings (SSSR count). The summed E-state index contributed by atoms with van der Waals surface area (Å²) >= 11 is 0. The quantitative estimate of drug-likeness (QED) is 0.881. The Bertz CT molecular complexity index is 751. The van der Waals surface area contributed by atoms with Crippen LogP contribution in [-0.4, -0.2) is 34.3 Å². The van der Waals surface area contributed by atoms with Crippen molar-refractivity contribution in [3.63, 3.8) is 0 Å². The molecule has 0 amide bonds. The number of anilines is 1. The number of aromatic carboxylic acids is 1. The average Bonchev–Trinajstić information content (AvgIpc) is 3.05. The number of benzene rings is 1. The Hall–Kier alpha value is -2.47. The van der Waals surface area contributed by atoms with Gasteiger partial charge < -0.3 is 15.1 Å². The number of rotatable bonds is 5. The average molecular weight is 330 g/mol. The molecule has 1 fully saturated rings. The highest BCUT2D eigenvalue weighted by Crippen LogP contribution is 2.26. The van der Waals surface area contributed by atoms with Crippen LogP contribution in [0, 0.1) is 11.7 Å². The molecule has 2 heterocycles. The van der Waals surface area contributed by atoms with E-state index in [0.717, 1.165) is 36.5 Å². The standard InChI is InChI=1S/C18H19FN2O3/c19-16-2-1-12(8-15(16)18(23)24)7-13-4-6-21(10-13)17-9-14(11-22)3-5-20-17/h1-3,5,8-9,13,22H,4,6-7,10-11H2,(H,23,24). The largest absolute Gasteiger partial charge is 0.478 e. The molecule has 2 aromatic rings. The summed E-state index contributed by atoms with van der Waals surface area (Å²) in [5, 5.41) is 18.2. The Morgan fingerprint density at radius 2 is 2.12 bits per heavy atom. The van der Waals surface area contributed by atoms with E-state index in [2.05, 4.69) is 9.88 Å². The number of aliphatic hydroxyl groups is 1. The van der Waals surface area contributed by atoms with E-state index in [0.29, 0.717) is 12.3 Å². The van der Waals surface area contributed by atoms with Gasteiger partial charge in [-0.2, -0.15) is 0 Å². The summed E-state index contributed by atoms with van der Waals surface area (Å²) in [6, 6.07) is 7.95. The molecule has 1 aromatic carbocycles. The number of hydrogen-bond donors (Lipinski definition) is 2. The zero-order valence-electron chi connectivity index (χ0n) is 13.2. The first-order valence-corrected chi connectivity index (χ1v) is 7.89. The number of carboxylic acids is 1. The van der Waals surface area contributed by atoms with E-state index in [4.69, 9.17) is 5.11 Å². The van der Waals surface area contributed by atoms with Crippen LogP contribution in [0.15, 0.2) is 36.5 Å². The lowest BCUT2D eigenvalue weighted by atomic mass is 9.97. The van der Waals surface area contributed by atoms with Crippen molar-refractivity contribution < 1.29 is 19.4 Å². The molecule has 1 unspecified atom stereocenters. The number of pyridine rings is 1. The van der Waals surface area contributed by atoms with E-state index >= 15 is 0 Å². The minimum Gasteiger partial charge on any atom is -0.478 e. The molecule has 0 saturated carbocycles. The second-order valence-electron chi connectivity index (χ2n) is 6.10. The first kappa shape index (κ1) is 16.4. The highest BCUT2D eigenvalue weighted by molar-refractivity contribution is 5.88. The molecule has 2 N–H and O–H groups in total. The highest BCUT2D eigenvalue weighted by atomic mass is 19.1. The number of aromatic nitrogens is 1. The van der Waals surface area contributed by atoms with Gasteiger partial charge in [-0.25, -0.2) is 14.2 Å². The SMILES string of the molecule is O=C(O)c1cc(CC2CCN(c3cc(CO)ccn3)C2)ccc1F. The third kappa shape index (κ3) is 3.54. The fourth-order valence-electron chi connectivity index (χ4n) is 3.14. The predicted octanol–water partition coefficient (Wildman–Crippen LogP) is 2.48. The minimum absolute atomic E-state index is 0.0136. The number of halogens is 1. The second kappa shape index (κ2) is 6.97. The Morgan fingerprint density at radius 3 is 2.88 bits per heavy atom. The predicted molar refractivity (Wildman–Crippen MR) is 87.5 cm³/mol. The van der Waals surface area contributed by atoms with Gasteiger partial charge in [0.2, 0.25) is 0 Å². The van der Waals surface area contributed by atoms with Gasteiger partial charge in [0, 0.05) is 19.3 Å². The van der Waals surface area contributed by atoms with Gasteiger partial charge in [-0.3, -0.25) is 0 Å². The summed E-state index contributed by atoms with van der Waals surface area (Å²) in [6.45, 7) is 1.65. The van der Waals surface area contributed by atoms with E-state index in [1.165, 1.54) is 12.1 Å². The van der Waals surface area contributed by atoms with Crippen molar-refractivity contribution in [1.29, 1.82) is 0 Å². The Morgan fingerprint density at radius 1 is 1.29 bits per heavy atom. The summed E-state index contributed by atoms with van der Waals surface area (Å²) in [5.41, 5.74) is 1.38. The van der Waals surface area contributed by atoms with Crippen LogP contribution in [0.2, 0.25) is 0 Å². The summed E-state index contributed by atoms with van der Waals surface area (Å²) in [7, 11) is 0. The van der Waals surface area contributed by atoms with Crippen LogP contribution in [0.3, 0.4) is 0 Å². The van der Waals surface area contributed by atoms with Crippen LogP contribution < -0.4 is 4.90 Å².